The number of hydrogen-bond acceptors (Lipinski definition) is 5. The molecule has 0 unspecified atom stereocenters. The van der Waals surface area contributed by atoms with Crippen LogP contribution in [0.5, 0.6) is 5.75 Å². The SMILES string of the molecule is CCc1ccc(Cc2cc([C@@H]3S[C@H](CO)C[C@H](O)[C@H]3O)c(OC)cc2C)cc1. The molecule has 1 aliphatic heterocycles. The summed E-state index contributed by atoms with van der Waals surface area (Å²) in [4.78, 5) is 0. The first kappa shape index (κ1) is 21.2. The van der Waals surface area contributed by atoms with Crippen LogP contribution in [0.3, 0.4) is 0 Å². The van der Waals surface area contributed by atoms with E-state index in [1.54, 1.807) is 7.11 Å². The minimum atomic E-state index is -0.888. The normalized spacial score (nSPS) is 24.9. The van der Waals surface area contributed by atoms with Gasteiger partial charge >= 0.3 is 0 Å². The van der Waals surface area contributed by atoms with E-state index in [9.17, 15) is 15.3 Å². The number of hydrogen-bond donors (Lipinski definition) is 3. The summed E-state index contributed by atoms with van der Waals surface area (Å²) in [7, 11) is 1.63. The van der Waals surface area contributed by atoms with Crippen LogP contribution in [0.2, 0.25) is 0 Å². The molecule has 28 heavy (non-hydrogen) atoms. The third-order valence-corrected chi connectivity index (χ3v) is 7.12. The highest BCUT2D eigenvalue weighted by molar-refractivity contribution is 8.00. The second-order valence-electron chi connectivity index (χ2n) is 7.52. The molecule has 1 saturated heterocycles. The Bertz CT molecular complexity index is 790. The number of methoxy groups -OCH3 is 1. The number of aryl methyl sites for hydroxylation is 2. The Kier molecular flexibility index (Phi) is 7.05. The van der Waals surface area contributed by atoms with Crippen molar-refractivity contribution in [2.75, 3.05) is 13.7 Å². The molecule has 0 saturated carbocycles. The topological polar surface area (TPSA) is 69.9 Å². The lowest BCUT2D eigenvalue weighted by Gasteiger charge is -2.36. The van der Waals surface area contributed by atoms with Crippen molar-refractivity contribution in [3.05, 3.63) is 64.2 Å². The Morgan fingerprint density at radius 1 is 1.11 bits per heavy atom. The summed E-state index contributed by atoms with van der Waals surface area (Å²) in [5, 5.41) is 30.0. The highest BCUT2D eigenvalue weighted by atomic mass is 32.2. The van der Waals surface area contributed by atoms with Gasteiger partial charge in [0.15, 0.2) is 0 Å². The van der Waals surface area contributed by atoms with Gasteiger partial charge < -0.3 is 20.1 Å². The summed E-state index contributed by atoms with van der Waals surface area (Å²) >= 11 is 1.51. The lowest BCUT2D eigenvalue weighted by atomic mass is 9.92. The first-order valence-electron chi connectivity index (χ1n) is 9.84. The average Bonchev–Trinajstić information content (AvgIpc) is 2.71. The molecule has 4 nitrogen and oxygen atoms in total. The largest absolute Gasteiger partial charge is 0.496 e. The zero-order chi connectivity index (χ0) is 20.3. The standard InChI is InChI=1S/C23H30O4S/c1-4-15-5-7-16(8-6-15)10-17-11-19(21(27-3)9-14(17)2)23-22(26)20(25)12-18(13-24)28-23/h5-9,11,18,20,22-26H,4,10,12-13H2,1-3H3/t18-,20-,22+,23-/m0/s1. The van der Waals surface area contributed by atoms with Gasteiger partial charge in [0.25, 0.3) is 0 Å². The summed E-state index contributed by atoms with van der Waals surface area (Å²) in [5.41, 5.74) is 5.74. The quantitative estimate of drug-likeness (QED) is 0.691. The maximum absolute atomic E-state index is 10.6. The van der Waals surface area contributed by atoms with E-state index in [4.69, 9.17) is 4.74 Å². The molecule has 152 valence electrons. The molecule has 2 aromatic carbocycles. The summed E-state index contributed by atoms with van der Waals surface area (Å²) in [6, 6.07) is 12.8. The average molecular weight is 403 g/mol. The van der Waals surface area contributed by atoms with Gasteiger partial charge in [-0.3, -0.25) is 0 Å². The molecule has 3 N–H and O–H groups in total. The minimum absolute atomic E-state index is 0.0181. The van der Waals surface area contributed by atoms with Gasteiger partial charge in [-0.25, -0.2) is 0 Å². The van der Waals surface area contributed by atoms with Crippen LogP contribution < -0.4 is 4.74 Å². The van der Waals surface area contributed by atoms with E-state index in [1.165, 1.54) is 28.5 Å². The molecule has 1 heterocycles. The predicted molar refractivity (Wildman–Crippen MR) is 114 cm³/mol. The molecule has 0 amide bonds. The minimum Gasteiger partial charge on any atom is -0.496 e. The van der Waals surface area contributed by atoms with Gasteiger partial charge in [0, 0.05) is 10.8 Å². The number of ether oxygens (including phenoxy) is 1. The van der Waals surface area contributed by atoms with Crippen LogP contribution in [0.25, 0.3) is 0 Å². The Morgan fingerprint density at radius 3 is 2.39 bits per heavy atom. The maximum atomic E-state index is 10.6. The van der Waals surface area contributed by atoms with Crippen molar-refractivity contribution >= 4 is 11.8 Å². The first-order chi connectivity index (χ1) is 13.5. The summed E-state index contributed by atoms with van der Waals surface area (Å²) in [6.07, 6.45) is 0.480. The predicted octanol–water partition coefficient (Wildman–Crippen LogP) is 3.42. The van der Waals surface area contributed by atoms with Crippen molar-refractivity contribution in [3.63, 3.8) is 0 Å². The van der Waals surface area contributed by atoms with Crippen LogP contribution in [-0.4, -0.2) is 46.5 Å². The van der Waals surface area contributed by atoms with E-state index < -0.39 is 12.2 Å². The van der Waals surface area contributed by atoms with Crippen molar-refractivity contribution in [3.8, 4) is 5.75 Å². The van der Waals surface area contributed by atoms with Crippen molar-refractivity contribution in [2.24, 2.45) is 0 Å². The third-order valence-electron chi connectivity index (χ3n) is 5.57. The number of aliphatic hydroxyl groups is 3. The van der Waals surface area contributed by atoms with Crippen LogP contribution in [0.1, 0.15) is 46.4 Å². The molecular weight excluding hydrogens is 372 g/mol. The molecular formula is C23H30O4S. The van der Waals surface area contributed by atoms with Gasteiger partial charge in [0.2, 0.25) is 0 Å². The second kappa shape index (κ2) is 9.31. The number of rotatable bonds is 6. The molecule has 0 bridgehead atoms. The number of benzene rings is 2. The fraction of sp³-hybridized carbons (Fsp3) is 0.478. The summed E-state index contributed by atoms with van der Waals surface area (Å²) in [5.74, 6) is 0.713. The van der Waals surface area contributed by atoms with Gasteiger partial charge in [-0.1, -0.05) is 37.3 Å². The van der Waals surface area contributed by atoms with Crippen molar-refractivity contribution < 1.29 is 20.1 Å². The molecule has 2 aromatic rings. The molecule has 3 rings (SSSR count). The zero-order valence-electron chi connectivity index (χ0n) is 16.8. The Labute approximate surface area is 171 Å². The van der Waals surface area contributed by atoms with E-state index >= 15 is 0 Å². The highest BCUT2D eigenvalue weighted by Crippen LogP contribution is 2.46. The van der Waals surface area contributed by atoms with Crippen molar-refractivity contribution in [1.29, 1.82) is 0 Å². The molecule has 5 heteroatoms. The van der Waals surface area contributed by atoms with E-state index in [0.717, 1.165) is 24.0 Å². The summed E-state index contributed by atoms with van der Waals surface area (Å²) in [6.45, 7) is 4.20. The van der Waals surface area contributed by atoms with Gasteiger partial charge in [-0.05, 0) is 54.5 Å². The van der Waals surface area contributed by atoms with Gasteiger partial charge in [0.1, 0.15) is 5.75 Å². The van der Waals surface area contributed by atoms with Crippen LogP contribution in [-0.2, 0) is 12.8 Å². The van der Waals surface area contributed by atoms with E-state index in [2.05, 4.69) is 44.2 Å². The molecule has 0 aromatic heterocycles. The molecule has 1 aliphatic rings. The molecule has 0 aliphatic carbocycles. The molecule has 0 spiro atoms. The van der Waals surface area contributed by atoms with Gasteiger partial charge in [0.05, 0.1) is 31.2 Å². The van der Waals surface area contributed by atoms with Crippen LogP contribution >= 0.6 is 11.8 Å². The van der Waals surface area contributed by atoms with E-state index in [1.807, 2.05) is 6.07 Å². The fourth-order valence-corrected chi connectivity index (χ4v) is 5.26. The number of aliphatic hydroxyl groups excluding tert-OH is 3. The Hall–Kier alpha value is -1.53. The van der Waals surface area contributed by atoms with Gasteiger partial charge in [-0.2, -0.15) is 0 Å². The lowest BCUT2D eigenvalue weighted by molar-refractivity contribution is 0.00496. The van der Waals surface area contributed by atoms with E-state index in [0.29, 0.717) is 12.2 Å². The molecule has 0 radical (unpaired) electrons. The monoisotopic (exact) mass is 402 g/mol. The number of thioether (sulfide) groups is 1. The van der Waals surface area contributed by atoms with Gasteiger partial charge in [-0.15, -0.1) is 11.8 Å². The summed E-state index contributed by atoms with van der Waals surface area (Å²) < 4.78 is 5.60. The lowest BCUT2D eigenvalue weighted by Crippen LogP contribution is -2.39. The van der Waals surface area contributed by atoms with Crippen LogP contribution in [0.4, 0.5) is 0 Å². The first-order valence-corrected chi connectivity index (χ1v) is 10.8. The Morgan fingerprint density at radius 2 is 1.79 bits per heavy atom. The van der Waals surface area contributed by atoms with Crippen molar-refractivity contribution in [1.82, 2.24) is 0 Å². The second-order valence-corrected chi connectivity index (χ2v) is 8.97. The maximum Gasteiger partial charge on any atom is 0.123 e. The highest BCUT2D eigenvalue weighted by Gasteiger charge is 2.38. The zero-order valence-corrected chi connectivity index (χ0v) is 17.6. The molecule has 1 fully saturated rings. The third kappa shape index (κ3) is 4.54. The van der Waals surface area contributed by atoms with Crippen LogP contribution in [0, 0.1) is 6.92 Å². The van der Waals surface area contributed by atoms with Crippen LogP contribution in [0.15, 0.2) is 36.4 Å². The van der Waals surface area contributed by atoms with Crippen molar-refractivity contribution in [2.45, 2.75) is 55.8 Å². The Balaban J connectivity index is 1.94. The molecule has 4 atom stereocenters. The smallest absolute Gasteiger partial charge is 0.123 e. The van der Waals surface area contributed by atoms with E-state index in [-0.39, 0.29) is 17.1 Å². The fourth-order valence-electron chi connectivity index (χ4n) is 3.78.